The van der Waals surface area contributed by atoms with Crippen LogP contribution in [0.5, 0.6) is 0 Å². The van der Waals surface area contributed by atoms with E-state index in [0.717, 1.165) is 18.4 Å². The van der Waals surface area contributed by atoms with Gasteiger partial charge in [-0.05, 0) is 36.6 Å². The summed E-state index contributed by atoms with van der Waals surface area (Å²) in [6, 6.07) is 12.8. The number of nitrogens with zero attached hydrogens (tertiary/aromatic N) is 2. The van der Waals surface area contributed by atoms with Gasteiger partial charge in [-0.25, -0.2) is 9.78 Å². The van der Waals surface area contributed by atoms with Crippen molar-refractivity contribution < 1.29 is 9.90 Å². The van der Waals surface area contributed by atoms with Crippen molar-refractivity contribution in [2.24, 2.45) is 0 Å². The zero-order chi connectivity index (χ0) is 18.5. The van der Waals surface area contributed by atoms with Gasteiger partial charge in [-0.1, -0.05) is 49.8 Å². The molecule has 1 N–H and O–H groups in total. The van der Waals surface area contributed by atoms with Gasteiger partial charge in [-0.15, -0.1) is 0 Å². The van der Waals surface area contributed by atoms with Crippen molar-refractivity contribution in [1.82, 2.24) is 9.38 Å². The number of carboxylic acids is 1. The van der Waals surface area contributed by atoms with Crippen molar-refractivity contribution in [1.29, 1.82) is 0 Å². The van der Waals surface area contributed by atoms with Gasteiger partial charge >= 0.3 is 5.97 Å². The first-order valence-corrected chi connectivity index (χ1v) is 8.62. The van der Waals surface area contributed by atoms with E-state index in [1.165, 1.54) is 16.7 Å². The first kappa shape index (κ1) is 17.6. The summed E-state index contributed by atoms with van der Waals surface area (Å²) in [4.78, 5) is 28.7. The molecule has 1 aromatic carbocycles. The van der Waals surface area contributed by atoms with Crippen LogP contribution in [0.15, 0.2) is 53.5 Å². The molecule has 3 aromatic rings. The van der Waals surface area contributed by atoms with Gasteiger partial charge < -0.3 is 5.11 Å². The van der Waals surface area contributed by atoms with Crippen LogP contribution >= 0.6 is 0 Å². The molecule has 2 aromatic heterocycles. The molecule has 0 aliphatic rings. The Hall–Kier alpha value is -3.21. The first-order valence-electron chi connectivity index (χ1n) is 8.62. The Bertz CT molecular complexity index is 1020. The van der Waals surface area contributed by atoms with E-state index in [4.69, 9.17) is 5.11 Å². The molecule has 5 nitrogen and oxygen atoms in total. The molecular formula is C21H20N2O3. The molecule has 0 aliphatic carbocycles. The fourth-order valence-corrected chi connectivity index (χ4v) is 2.78. The van der Waals surface area contributed by atoms with Gasteiger partial charge in [0.25, 0.3) is 5.56 Å². The average molecular weight is 348 g/mol. The van der Waals surface area contributed by atoms with Crippen molar-refractivity contribution in [3.8, 4) is 0 Å². The van der Waals surface area contributed by atoms with Crippen molar-refractivity contribution in [2.75, 3.05) is 0 Å². The molecule has 3 rings (SSSR count). The molecule has 0 atom stereocenters. The van der Waals surface area contributed by atoms with E-state index in [9.17, 15) is 9.59 Å². The van der Waals surface area contributed by atoms with E-state index in [-0.39, 0.29) is 11.1 Å². The second kappa shape index (κ2) is 7.78. The van der Waals surface area contributed by atoms with Gasteiger partial charge in [0.1, 0.15) is 5.65 Å². The number of aromatic nitrogens is 2. The fraction of sp³-hybridized carbons (Fsp3) is 0.190. The third kappa shape index (κ3) is 3.72. The van der Waals surface area contributed by atoms with E-state index >= 15 is 0 Å². The molecule has 0 spiro atoms. The van der Waals surface area contributed by atoms with Gasteiger partial charge in [-0.2, -0.15) is 0 Å². The van der Waals surface area contributed by atoms with Crippen molar-refractivity contribution >= 4 is 23.8 Å². The van der Waals surface area contributed by atoms with E-state index in [1.807, 2.05) is 42.5 Å². The van der Waals surface area contributed by atoms with E-state index in [1.54, 1.807) is 6.07 Å². The monoisotopic (exact) mass is 348 g/mol. The van der Waals surface area contributed by atoms with Crippen LogP contribution in [0.1, 0.15) is 46.9 Å². The zero-order valence-corrected chi connectivity index (χ0v) is 14.6. The van der Waals surface area contributed by atoms with E-state index in [0.29, 0.717) is 23.3 Å². The fourth-order valence-electron chi connectivity index (χ4n) is 2.78. The standard InChI is InChI=1S/C21H20N2O3/c1-2-3-9-17-18(12-10-15-7-5-4-6-8-15)22-19-13-11-16(21(25)26)14-23(19)20(17)24/h4-8,10-14H,2-3,9H2,1H3,(H,25,26). The molecule has 0 unspecified atom stereocenters. The number of hydrogen-bond donors (Lipinski definition) is 1. The molecule has 0 radical (unpaired) electrons. The summed E-state index contributed by atoms with van der Waals surface area (Å²) < 4.78 is 1.33. The number of pyridine rings is 1. The smallest absolute Gasteiger partial charge is 0.337 e. The topological polar surface area (TPSA) is 71.7 Å². The Morgan fingerprint density at radius 1 is 1.15 bits per heavy atom. The lowest BCUT2D eigenvalue weighted by Crippen LogP contribution is -2.22. The second-order valence-corrected chi connectivity index (χ2v) is 6.08. The lowest BCUT2D eigenvalue weighted by Gasteiger charge is -2.09. The first-order chi connectivity index (χ1) is 12.6. The van der Waals surface area contributed by atoms with E-state index in [2.05, 4.69) is 11.9 Å². The Balaban J connectivity index is 2.14. The van der Waals surface area contributed by atoms with Crippen LogP contribution in [0.3, 0.4) is 0 Å². The maximum absolute atomic E-state index is 12.9. The summed E-state index contributed by atoms with van der Waals surface area (Å²) in [6.07, 6.45) is 7.56. The predicted molar refractivity (Wildman–Crippen MR) is 102 cm³/mol. The normalized spacial score (nSPS) is 11.3. The number of fused-ring (bicyclic) bond motifs is 1. The summed E-state index contributed by atoms with van der Waals surface area (Å²) in [5.41, 5.74) is 2.56. The molecule has 0 aliphatic heterocycles. The van der Waals surface area contributed by atoms with Crippen molar-refractivity contribution in [3.05, 3.63) is 81.4 Å². The second-order valence-electron chi connectivity index (χ2n) is 6.08. The number of unbranched alkanes of at least 4 members (excludes halogenated alkanes) is 1. The molecule has 5 heteroatoms. The maximum atomic E-state index is 12.9. The Morgan fingerprint density at radius 3 is 2.62 bits per heavy atom. The number of carbonyl (C=O) groups is 1. The predicted octanol–water partition coefficient (Wildman–Crippen LogP) is 3.91. The lowest BCUT2D eigenvalue weighted by molar-refractivity contribution is 0.0696. The van der Waals surface area contributed by atoms with Gasteiger partial charge in [0.05, 0.1) is 11.3 Å². The molecule has 0 saturated carbocycles. The van der Waals surface area contributed by atoms with Crippen LogP contribution in [0.2, 0.25) is 0 Å². The summed E-state index contributed by atoms with van der Waals surface area (Å²) in [5.74, 6) is -1.07. The minimum Gasteiger partial charge on any atom is -0.478 e. The lowest BCUT2D eigenvalue weighted by atomic mass is 10.1. The van der Waals surface area contributed by atoms with E-state index < -0.39 is 5.97 Å². The van der Waals surface area contributed by atoms with Gasteiger partial charge in [-0.3, -0.25) is 9.20 Å². The third-order valence-electron chi connectivity index (χ3n) is 4.21. The number of hydrogen-bond acceptors (Lipinski definition) is 3. The Labute approximate surface area is 151 Å². The molecular weight excluding hydrogens is 328 g/mol. The van der Waals surface area contributed by atoms with Crippen LogP contribution in [0.4, 0.5) is 0 Å². The molecule has 26 heavy (non-hydrogen) atoms. The van der Waals surface area contributed by atoms with Crippen LogP contribution in [-0.2, 0) is 6.42 Å². The van der Waals surface area contributed by atoms with Gasteiger partial charge in [0.2, 0.25) is 0 Å². The summed E-state index contributed by atoms with van der Waals surface area (Å²) in [5, 5.41) is 9.16. The van der Waals surface area contributed by atoms with Crippen molar-refractivity contribution in [2.45, 2.75) is 26.2 Å². The van der Waals surface area contributed by atoms with Crippen LogP contribution in [0.25, 0.3) is 17.8 Å². The molecule has 0 saturated heterocycles. The SMILES string of the molecule is CCCCc1c(C=Cc2ccccc2)nc2ccc(C(=O)O)cn2c1=O. The summed E-state index contributed by atoms with van der Waals surface area (Å²) in [6.45, 7) is 2.06. The molecule has 0 fully saturated rings. The highest BCUT2D eigenvalue weighted by Crippen LogP contribution is 2.13. The highest BCUT2D eigenvalue weighted by Gasteiger charge is 2.12. The van der Waals surface area contributed by atoms with Crippen molar-refractivity contribution in [3.63, 3.8) is 0 Å². The zero-order valence-electron chi connectivity index (χ0n) is 14.6. The number of benzene rings is 1. The van der Waals surface area contributed by atoms with Crippen LogP contribution < -0.4 is 5.56 Å². The maximum Gasteiger partial charge on any atom is 0.337 e. The Morgan fingerprint density at radius 2 is 1.92 bits per heavy atom. The third-order valence-corrected chi connectivity index (χ3v) is 4.21. The number of aromatic carboxylic acids is 1. The molecule has 0 bridgehead atoms. The quantitative estimate of drug-likeness (QED) is 0.733. The minimum absolute atomic E-state index is 0.0652. The van der Waals surface area contributed by atoms with Gasteiger partial charge in [0, 0.05) is 11.8 Å². The highest BCUT2D eigenvalue weighted by atomic mass is 16.4. The van der Waals surface area contributed by atoms with Crippen LogP contribution in [0, 0.1) is 0 Å². The molecule has 132 valence electrons. The average Bonchev–Trinajstić information content (AvgIpc) is 2.66. The highest BCUT2D eigenvalue weighted by molar-refractivity contribution is 5.87. The molecule has 2 heterocycles. The van der Waals surface area contributed by atoms with Crippen LogP contribution in [-0.4, -0.2) is 20.5 Å². The van der Waals surface area contributed by atoms with Gasteiger partial charge in [0.15, 0.2) is 0 Å². The number of carboxylic acid groups (broad SMARTS) is 1. The Kier molecular flexibility index (Phi) is 5.27. The molecule has 0 amide bonds. The summed E-state index contributed by atoms with van der Waals surface area (Å²) >= 11 is 0. The number of rotatable bonds is 6. The largest absolute Gasteiger partial charge is 0.478 e. The minimum atomic E-state index is -1.07. The summed E-state index contributed by atoms with van der Waals surface area (Å²) in [7, 11) is 0.